The second-order valence-corrected chi connectivity index (χ2v) is 4.09. The Kier molecular flexibility index (Phi) is 3.89. The second-order valence-electron chi connectivity index (χ2n) is 4.09. The predicted octanol–water partition coefficient (Wildman–Crippen LogP) is 2.83. The van der Waals surface area contributed by atoms with Gasteiger partial charge in [-0.1, -0.05) is 18.2 Å². The van der Waals surface area contributed by atoms with E-state index in [1.165, 1.54) is 12.2 Å². The fourth-order valence-electron chi connectivity index (χ4n) is 1.57. The highest BCUT2D eigenvalue weighted by molar-refractivity contribution is 5.68. The van der Waals surface area contributed by atoms with Gasteiger partial charge in [-0.05, 0) is 29.8 Å². The quantitative estimate of drug-likeness (QED) is 0.925. The molecule has 0 saturated carbocycles. The molecular weight excluding hydrogens is 283 g/mol. The van der Waals surface area contributed by atoms with Gasteiger partial charge in [-0.25, -0.2) is 4.79 Å². The Morgan fingerprint density at radius 1 is 1.19 bits per heavy atom. The molecule has 1 aromatic carbocycles. The van der Waals surface area contributed by atoms with E-state index < -0.39 is 17.6 Å². The fourth-order valence-corrected chi connectivity index (χ4v) is 1.57. The molecule has 0 aliphatic heterocycles. The standard InChI is InChI=1S/C14H8F3N3O/c15-14(16,17)12-7-11(19-13(21)20-12)6-5-9-1-3-10(8-18)4-2-9/h1-7H,(H,19,20,21)/b6-5+. The second kappa shape index (κ2) is 5.63. The Hall–Kier alpha value is -2.88. The third-order valence-corrected chi connectivity index (χ3v) is 2.56. The molecule has 0 spiro atoms. The van der Waals surface area contributed by atoms with Gasteiger partial charge in [-0.15, -0.1) is 0 Å². The summed E-state index contributed by atoms with van der Waals surface area (Å²) in [7, 11) is 0. The molecule has 0 bridgehead atoms. The smallest absolute Gasteiger partial charge is 0.302 e. The first-order chi connectivity index (χ1) is 9.88. The van der Waals surface area contributed by atoms with E-state index in [2.05, 4.69) is 4.98 Å². The molecule has 0 saturated heterocycles. The topological polar surface area (TPSA) is 69.5 Å². The van der Waals surface area contributed by atoms with Crippen molar-refractivity contribution in [3.8, 4) is 6.07 Å². The van der Waals surface area contributed by atoms with Crippen molar-refractivity contribution in [1.29, 1.82) is 5.26 Å². The summed E-state index contributed by atoms with van der Waals surface area (Å²) in [6, 6.07) is 9.12. The molecule has 0 aliphatic rings. The summed E-state index contributed by atoms with van der Waals surface area (Å²) in [5, 5.41) is 8.65. The minimum absolute atomic E-state index is 0.101. The van der Waals surface area contributed by atoms with Crippen LogP contribution in [-0.2, 0) is 6.18 Å². The van der Waals surface area contributed by atoms with Crippen LogP contribution in [0.1, 0.15) is 22.5 Å². The van der Waals surface area contributed by atoms with E-state index in [0.29, 0.717) is 11.1 Å². The molecule has 7 heteroatoms. The Balaban J connectivity index is 2.30. The van der Waals surface area contributed by atoms with Gasteiger partial charge in [0, 0.05) is 0 Å². The maximum absolute atomic E-state index is 12.5. The highest BCUT2D eigenvalue weighted by Crippen LogP contribution is 2.26. The molecular formula is C14H8F3N3O. The molecule has 0 amide bonds. The Labute approximate surface area is 117 Å². The lowest BCUT2D eigenvalue weighted by Gasteiger charge is -2.05. The molecule has 0 fully saturated rings. The Morgan fingerprint density at radius 2 is 1.86 bits per heavy atom. The van der Waals surface area contributed by atoms with Crippen LogP contribution in [0.25, 0.3) is 12.2 Å². The highest BCUT2D eigenvalue weighted by Gasteiger charge is 2.32. The van der Waals surface area contributed by atoms with Gasteiger partial charge in [0.05, 0.1) is 17.3 Å². The number of aromatic nitrogens is 2. The summed E-state index contributed by atoms with van der Waals surface area (Å²) in [4.78, 5) is 16.2. The fraction of sp³-hybridized carbons (Fsp3) is 0.0714. The van der Waals surface area contributed by atoms with Crippen molar-refractivity contribution in [2.75, 3.05) is 0 Å². The Bertz CT molecular complexity index is 768. The number of nitriles is 1. The van der Waals surface area contributed by atoms with Gasteiger partial charge < -0.3 is 4.98 Å². The molecule has 0 aliphatic carbocycles. The van der Waals surface area contributed by atoms with Crippen LogP contribution in [0.3, 0.4) is 0 Å². The predicted molar refractivity (Wildman–Crippen MR) is 69.9 cm³/mol. The van der Waals surface area contributed by atoms with Gasteiger partial charge in [-0.2, -0.15) is 23.4 Å². The number of nitrogens with zero attached hydrogens (tertiary/aromatic N) is 2. The van der Waals surface area contributed by atoms with Crippen molar-refractivity contribution >= 4 is 12.2 Å². The lowest BCUT2D eigenvalue weighted by molar-refractivity contribution is -0.141. The van der Waals surface area contributed by atoms with Crippen molar-refractivity contribution in [2.45, 2.75) is 6.18 Å². The minimum atomic E-state index is -4.64. The molecule has 0 atom stereocenters. The number of hydrogen-bond donors (Lipinski definition) is 1. The Morgan fingerprint density at radius 3 is 2.43 bits per heavy atom. The van der Waals surface area contributed by atoms with E-state index in [1.54, 1.807) is 29.2 Å². The largest absolute Gasteiger partial charge is 0.431 e. The molecule has 21 heavy (non-hydrogen) atoms. The van der Waals surface area contributed by atoms with E-state index in [0.717, 1.165) is 6.07 Å². The molecule has 106 valence electrons. The minimum Gasteiger partial charge on any atom is -0.302 e. The van der Waals surface area contributed by atoms with Gasteiger partial charge in [0.2, 0.25) is 0 Å². The molecule has 1 N–H and O–H groups in total. The zero-order chi connectivity index (χ0) is 15.5. The number of H-pyrrole nitrogens is 1. The van der Waals surface area contributed by atoms with E-state index in [4.69, 9.17) is 5.26 Å². The van der Waals surface area contributed by atoms with Crippen molar-refractivity contribution in [3.05, 3.63) is 63.3 Å². The van der Waals surface area contributed by atoms with Crippen LogP contribution in [0, 0.1) is 11.3 Å². The maximum atomic E-state index is 12.5. The molecule has 2 rings (SSSR count). The van der Waals surface area contributed by atoms with Gasteiger partial charge in [0.15, 0.2) is 0 Å². The zero-order valence-electron chi connectivity index (χ0n) is 10.5. The van der Waals surface area contributed by atoms with Crippen LogP contribution in [0.5, 0.6) is 0 Å². The first-order valence-corrected chi connectivity index (χ1v) is 5.75. The third kappa shape index (κ3) is 3.79. The normalized spacial score (nSPS) is 11.5. The van der Waals surface area contributed by atoms with Crippen LogP contribution in [0.4, 0.5) is 13.2 Å². The maximum Gasteiger partial charge on any atom is 0.431 e. The third-order valence-electron chi connectivity index (χ3n) is 2.56. The summed E-state index contributed by atoms with van der Waals surface area (Å²) in [6.07, 6.45) is -1.84. The van der Waals surface area contributed by atoms with Crippen LogP contribution >= 0.6 is 0 Å². The molecule has 2 aromatic rings. The molecule has 1 aromatic heterocycles. The number of aromatic amines is 1. The van der Waals surface area contributed by atoms with Crippen molar-refractivity contribution in [2.24, 2.45) is 0 Å². The van der Waals surface area contributed by atoms with Gasteiger partial charge in [0.25, 0.3) is 0 Å². The van der Waals surface area contributed by atoms with Gasteiger partial charge >= 0.3 is 11.9 Å². The average molecular weight is 291 g/mol. The van der Waals surface area contributed by atoms with Crippen LogP contribution < -0.4 is 5.69 Å². The molecule has 0 radical (unpaired) electrons. The summed E-state index contributed by atoms with van der Waals surface area (Å²) < 4.78 is 37.6. The molecule has 0 unspecified atom stereocenters. The average Bonchev–Trinajstić information content (AvgIpc) is 2.44. The van der Waals surface area contributed by atoms with Crippen molar-refractivity contribution < 1.29 is 13.2 Å². The van der Waals surface area contributed by atoms with Crippen molar-refractivity contribution in [3.63, 3.8) is 0 Å². The van der Waals surface area contributed by atoms with Crippen molar-refractivity contribution in [1.82, 2.24) is 9.97 Å². The van der Waals surface area contributed by atoms with E-state index in [-0.39, 0.29) is 5.69 Å². The molecule has 4 nitrogen and oxygen atoms in total. The number of alkyl halides is 3. The lowest BCUT2D eigenvalue weighted by atomic mass is 10.1. The summed E-state index contributed by atoms with van der Waals surface area (Å²) in [5.41, 5.74) is -1.17. The van der Waals surface area contributed by atoms with Gasteiger partial charge in [-0.3, -0.25) is 0 Å². The number of rotatable bonds is 2. The first kappa shape index (κ1) is 14.5. The SMILES string of the molecule is N#Cc1ccc(/C=C/c2cc(C(F)(F)F)[nH]c(=O)n2)cc1. The summed E-state index contributed by atoms with van der Waals surface area (Å²) >= 11 is 0. The van der Waals surface area contributed by atoms with E-state index in [9.17, 15) is 18.0 Å². The van der Waals surface area contributed by atoms with Gasteiger partial charge in [0.1, 0.15) is 5.69 Å². The van der Waals surface area contributed by atoms with Crippen LogP contribution in [0.15, 0.2) is 35.1 Å². The lowest BCUT2D eigenvalue weighted by Crippen LogP contribution is -2.19. The van der Waals surface area contributed by atoms with Crippen LogP contribution in [0.2, 0.25) is 0 Å². The monoisotopic (exact) mass is 291 g/mol. The van der Waals surface area contributed by atoms with Crippen LogP contribution in [-0.4, -0.2) is 9.97 Å². The summed E-state index contributed by atoms with van der Waals surface area (Å²) in [5.74, 6) is 0. The number of nitrogens with one attached hydrogen (secondary N) is 1. The molecule has 1 heterocycles. The first-order valence-electron chi connectivity index (χ1n) is 5.75. The zero-order valence-corrected chi connectivity index (χ0v) is 10.5. The number of hydrogen-bond acceptors (Lipinski definition) is 3. The number of benzene rings is 1. The highest BCUT2D eigenvalue weighted by atomic mass is 19.4. The van der Waals surface area contributed by atoms with E-state index >= 15 is 0 Å². The summed E-state index contributed by atoms with van der Waals surface area (Å²) in [6.45, 7) is 0. The number of halogens is 3. The van der Waals surface area contributed by atoms with E-state index in [1.807, 2.05) is 6.07 Å².